The van der Waals surface area contributed by atoms with Crippen LogP contribution in [0.5, 0.6) is 0 Å². The Morgan fingerprint density at radius 2 is 2.42 bits per heavy atom. The SMILES string of the molecule is CCc1cnc(C(C)NCC2NCC3CCCC32)s1. The van der Waals surface area contributed by atoms with Crippen LogP contribution in [0.4, 0.5) is 0 Å². The molecule has 106 valence electrons. The minimum absolute atomic E-state index is 0.382. The van der Waals surface area contributed by atoms with E-state index in [9.17, 15) is 0 Å². The van der Waals surface area contributed by atoms with E-state index < -0.39 is 0 Å². The molecule has 0 radical (unpaired) electrons. The lowest BCUT2D eigenvalue weighted by Crippen LogP contribution is -2.38. The van der Waals surface area contributed by atoms with Gasteiger partial charge >= 0.3 is 0 Å². The summed E-state index contributed by atoms with van der Waals surface area (Å²) in [6.45, 7) is 6.75. The summed E-state index contributed by atoms with van der Waals surface area (Å²) in [5.41, 5.74) is 0. The number of nitrogens with one attached hydrogen (secondary N) is 2. The van der Waals surface area contributed by atoms with Crippen molar-refractivity contribution in [2.24, 2.45) is 11.8 Å². The summed E-state index contributed by atoms with van der Waals surface area (Å²) in [7, 11) is 0. The lowest BCUT2D eigenvalue weighted by Gasteiger charge is -2.21. The van der Waals surface area contributed by atoms with Gasteiger partial charge in [0, 0.05) is 23.7 Å². The molecular weight excluding hydrogens is 254 g/mol. The van der Waals surface area contributed by atoms with Crippen LogP contribution in [0, 0.1) is 11.8 Å². The summed E-state index contributed by atoms with van der Waals surface area (Å²) in [4.78, 5) is 5.92. The lowest BCUT2D eigenvalue weighted by molar-refractivity contribution is 0.380. The molecule has 0 bridgehead atoms. The van der Waals surface area contributed by atoms with Gasteiger partial charge in [-0.3, -0.25) is 0 Å². The molecule has 4 heteroatoms. The van der Waals surface area contributed by atoms with Gasteiger partial charge in [-0.25, -0.2) is 4.98 Å². The first kappa shape index (κ1) is 13.5. The summed E-state index contributed by atoms with van der Waals surface area (Å²) in [6.07, 6.45) is 7.43. The van der Waals surface area contributed by atoms with E-state index >= 15 is 0 Å². The minimum Gasteiger partial charge on any atom is -0.312 e. The monoisotopic (exact) mass is 279 g/mol. The second-order valence-corrected chi connectivity index (χ2v) is 7.16. The molecule has 4 unspecified atom stereocenters. The number of aryl methyl sites for hydroxylation is 1. The average molecular weight is 279 g/mol. The lowest BCUT2D eigenvalue weighted by atomic mass is 9.94. The molecule has 3 rings (SSSR count). The van der Waals surface area contributed by atoms with Crippen LogP contribution in [0.25, 0.3) is 0 Å². The second-order valence-electron chi connectivity index (χ2n) is 6.02. The number of thiazole rings is 1. The maximum atomic E-state index is 4.53. The van der Waals surface area contributed by atoms with Crippen LogP contribution in [0.3, 0.4) is 0 Å². The number of aromatic nitrogens is 1. The van der Waals surface area contributed by atoms with Crippen LogP contribution in [0.15, 0.2) is 6.20 Å². The third-order valence-electron chi connectivity index (χ3n) is 4.81. The molecule has 1 aliphatic heterocycles. The van der Waals surface area contributed by atoms with Crippen molar-refractivity contribution in [2.45, 2.75) is 51.6 Å². The molecule has 0 amide bonds. The number of fused-ring (bicyclic) bond motifs is 1. The Kier molecular flexibility index (Phi) is 4.20. The molecule has 0 aromatic carbocycles. The molecule has 1 aliphatic carbocycles. The molecule has 1 aromatic heterocycles. The van der Waals surface area contributed by atoms with Crippen molar-refractivity contribution in [3.8, 4) is 0 Å². The fraction of sp³-hybridized carbons (Fsp3) is 0.800. The topological polar surface area (TPSA) is 37.0 Å². The van der Waals surface area contributed by atoms with E-state index in [-0.39, 0.29) is 0 Å². The Morgan fingerprint density at radius 1 is 1.53 bits per heavy atom. The third kappa shape index (κ3) is 2.86. The van der Waals surface area contributed by atoms with E-state index in [1.54, 1.807) is 0 Å². The predicted octanol–water partition coefficient (Wildman–Crippen LogP) is 2.74. The Balaban J connectivity index is 1.51. The van der Waals surface area contributed by atoms with Crippen molar-refractivity contribution in [3.05, 3.63) is 16.1 Å². The summed E-state index contributed by atoms with van der Waals surface area (Å²) in [6, 6.07) is 1.06. The highest BCUT2D eigenvalue weighted by Gasteiger charge is 2.38. The first-order valence-corrected chi connectivity index (χ1v) is 8.51. The highest BCUT2D eigenvalue weighted by atomic mass is 32.1. The van der Waals surface area contributed by atoms with Crippen molar-refractivity contribution < 1.29 is 0 Å². The number of hydrogen-bond donors (Lipinski definition) is 2. The van der Waals surface area contributed by atoms with Gasteiger partial charge < -0.3 is 10.6 Å². The van der Waals surface area contributed by atoms with Gasteiger partial charge in [0.1, 0.15) is 5.01 Å². The summed E-state index contributed by atoms with van der Waals surface area (Å²) < 4.78 is 0. The van der Waals surface area contributed by atoms with Crippen molar-refractivity contribution in [1.82, 2.24) is 15.6 Å². The van der Waals surface area contributed by atoms with Gasteiger partial charge in [0.15, 0.2) is 0 Å². The van der Waals surface area contributed by atoms with Gasteiger partial charge in [0.2, 0.25) is 0 Å². The van der Waals surface area contributed by atoms with Gasteiger partial charge in [-0.2, -0.15) is 0 Å². The smallest absolute Gasteiger partial charge is 0.109 e. The van der Waals surface area contributed by atoms with Crippen LogP contribution in [-0.4, -0.2) is 24.1 Å². The summed E-state index contributed by atoms with van der Waals surface area (Å²) >= 11 is 1.85. The zero-order chi connectivity index (χ0) is 13.2. The van der Waals surface area contributed by atoms with Gasteiger partial charge in [0.25, 0.3) is 0 Å². The van der Waals surface area contributed by atoms with Crippen LogP contribution >= 0.6 is 11.3 Å². The first-order valence-electron chi connectivity index (χ1n) is 7.69. The Labute approximate surface area is 120 Å². The molecule has 19 heavy (non-hydrogen) atoms. The highest BCUT2D eigenvalue weighted by Crippen LogP contribution is 2.37. The number of rotatable bonds is 5. The second kappa shape index (κ2) is 5.90. The normalized spacial score (nSPS) is 31.6. The zero-order valence-electron chi connectivity index (χ0n) is 12.0. The molecule has 2 aliphatic rings. The standard InChI is InChI=1S/C15H25N3S/c1-3-12-8-18-15(19-12)10(2)16-9-14-13-6-4-5-11(13)7-17-14/h8,10-11,13-14,16-17H,3-7,9H2,1-2H3. The Hall–Kier alpha value is -0.450. The molecule has 2 N–H and O–H groups in total. The maximum Gasteiger partial charge on any atom is 0.109 e. The molecule has 2 heterocycles. The molecule has 2 fully saturated rings. The van der Waals surface area contributed by atoms with Gasteiger partial charge in [0.05, 0.1) is 6.04 Å². The fourth-order valence-electron chi connectivity index (χ4n) is 3.60. The first-order chi connectivity index (χ1) is 9.28. The van der Waals surface area contributed by atoms with Crippen molar-refractivity contribution >= 4 is 11.3 Å². The highest BCUT2D eigenvalue weighted by molar-refractivity contribution is 7.11. The van der Waals surface area contributed by atoms with Gasteiger partial charge in [-0.1, -0.05) is 13.3 Å². The van der Waals surface area contributed by atoms with Crippen molar-refractivity contribution in [3.63, 3.8) is 0 Å². The van der Waals surface area contributed by atoms with E-state index in [0.717, 1.165) is 24.8 Å². The summed E-state index contributed by atoms with van der Waals surface area (Å²) in [5, 5.41) is 8.61. The molecule has 0 spiro atoms. The molecule has 1 saturated carbocycles. The molecule has 4 atom stereocenters. The zero-order valence-corrected chi connectivity index (χ0v) is 12.8. The Morgan fingerprint density at radius 3 is 3.21 bits per heavy atom. The van der Waals surface area contributed by atoms with Crippen LogP contribution in [0.1, 0.15) is 49.0 Å². The van der Waals surface area contributed by atoms with E-state index in [1.165, 1.54) is 35.7 Å². The predicted molar refractivity (Wildman–Crippen MR) is 80.5 cm³/mol. The molecule has 3 nitrogen and oxygen atoms in total. The molecule has 1 saturated heterocycles. The van der Waals surface area contributed by atoms with E-state index in [2.05, 4.69) is 29.5 Å². The Bertz CT molecular complexity index is 417. The van der Waals surface area contributed by atoms with E-state index in [4.69, 9.17) is 0 Å². The van der Waals surface area contributed by atoms with Gasteiger partial charge in [-0.05, 0) is 44.6 Å². The minimum atomic E-state index is 0.382. The maximum absolute atomic E-state index is 4.53. The summed E-state index contributed by atoms with van der Waals surface area (Å²) in [5.74, 6) is 1.87. The van der Waals surface area contributed by atoms with E-state index in [1.807, 2.05) is 17.5 Å². The third-order valence-corrected chi connectivity index (χ3v) is 6.14. The van der Waals surface area contributed by atoms with Crippen molar-refractivity contribution in [2.75, 3.05) is 13.1 Å². The fourth-order valence-corrected chi connectivity index (χ4v) is 4.49. The van der Waals surface area contributed by atoms with E-state index in [0.29, 0.717) is 12.1 Å². The molecular formula is C15H25N3S. The average Bonchev–Trinajstić information content (AvgIpc) is 3.12. The van der Waals surface area contributed by atoms with Gasteiger partial charge in [-0.15, -0.1) is 11.3 Å². The van der Waals surface area contributed by atoms with Crippen LogP contribution in [-0.2, 0) is 6.42 Å². The number of nitrogens with zero attached hydrogens (tertiary/aromatic N) is 1. The van der Waals surface area contributed by atoms with Crippen LogP contribution < -0.4 is 10.6 Å². The number of hydrogen-bond acceptors (Lipinski definition) is 4. The largest absolute Gasteiger partial charge is 0.312 e. The quantitative estimate of drug-likeness (QED) is 0.870. The van der Waals surface area contributed by atoms with Crippen LogP contribution in [0.2, 0.25) is 0 Å². The molecule has 1 aromatic rings. The van der Waals surface area contributed by atoms with Crippen molar-refractivity contribution in [1.29, 1.82) is 0 Å².